The minimum atomic E-state index is -2.42. The van der Waals surface area contributed by atoms with Crippen molar-refractivity contribution in [1.29, 1.82) is 0 Å². The average molecular weight is 169 g/mol. The molecule has 0 saturated carbocycles. The smallest absolute Gasteiger partial charge is 0.0525 e. The van der Waals surface area contributed by atoms with Gasteiger partial charge < -0.3 is 0 Å². The molecule has 66 valence electrons. The predicted octanol–water partition coefficient (Wildman–Crippen LogP) is 2.31. The zero-order valence-corrected chi connectivity index (χ0v) is 8.03. The molecule has 0 unspecified atom stereocenters. The van der Waals surface area contributed by atoms with E-state index >= 15 is 0 Å². The Morgan fingerprint density at radius 2 is 1.70 bits per heavy atom. The molecule has 0 amide bonds. The summed E-state index contributed by atoms with van der Waals surface area (Å²) in [5, 5.41) is 0. The van der Waals surface area contributed by atoms with Gasteiger partial charge in [-0.3, -0.25) is 9.11 Å². The lowest BCUT2D eigenvalue weighted by Gasteiger charge is -2.30. The standard InChI is InChI=1S/C4H13NO2S.C2H6/c1-3-4-8(6,7)5-2;1-2/h5-7H,3-4H2,1-2H3;1-2H3. The van der Waals surface area contributed by atoms with Crippen LogP contribution in [0.5, 0.6) is 0 Å². The van der Waals surface area contributed by atoms with E-state index in [1.807, 2.05) is 20.8 Å². The summed E-state index contributed by atoms with van der Waals surface area (Å²) >= 11 is 0. The molecule has 0 radical (unpaired) electrons. The SMILES string of the molecule is CC.CCCS(O)(O)NC. The van der Waals surface area contributed by atoms with Gasteiger partial charge in [-0.2, -0.15) is 0 Å². The highest BCUT2D eigenvalue weighted by atomic mass is 32.3. The van der Waals surface area contributed by atoms with Crippen molar-refractivity contribution < 1.29 is 9.11 Å². The van der Waals surface area contributed by atoms with Gasteiger partial charge in [-0.1, -0.05) is 20.8 Å². The first-order valence-electron chi connectivity index (χ1n) is 3.57. The summed E-state index contributed by atoms with van der Waals surface area (Å²) in [4.78, 5) is 0. The van der Waals surface area contributed by atoms with E-state index in [0.717, 1.165) is 6.42 Å². The van der Waals surface area contributed by atoms with Crippen LogP contribution in [0.3, 0.4) is 0 Å². The zero-order chi connectivity index (χ0) is 8.62. The normalized spacial score (nSPS) is 11.8. The van der Waals surface area contributed by atoms with Gasteiger partial charge in [0.2, 0.25) is 0 Å². The Balaban J connectivity index is 0. The van der Waals surface area contributed by atoms with Crippen LogP contribution in [0.2, 0.25) is 0 Å². The third-order valence-electron chi connectivity index (χ3n) is 0.816. The molecule has 0 aliphatic rings. The minimum Gasteiger partial charge on any atom is -0.286 e. The van der Waals surface area contributed by atoms with Crippen LogP contribution in [0.4, 0.5) is 0 Å². The van der Waals surface area contributed by atoms with Gasteiger partial charge in [0.15, 0.2) is 0 Å². The topological polar surface area (TPSA) is 52.5 Å². The van der Waals surface area contributed by atoms with Crippen molar-refractivity contribution in [1.82, 2.24) is 4.72 Å². The Morgan fingerprint density at radius 1 is 1.30 bits per heavy atom. The Kier molecular flexibility index (Phi) is 9.44. The lowest BCUT2D eigenvalue weighted by Crippen LogP contribution is -2.17. The van der Waals surface area contributed by atoms with E-state index in [9.17, 15) is 0 Å². The second-order valence-corrected chi connectivity index (χ2v) is 3.73. The molecule has 0 aromatic rings. The molecule has 0 rings (SSSR count). The summed E-state index contributed by atoms with van der Waals surface area (Å²) in [5.74, 6) is 0.448. The van der Waals surface area contributed by atoms with Crippen LogP contribution in [0.1, 0.15) is 27.2 Å². The molecule has 0 fully saturated rings. The van der Waals surface area contributed by atoms with Crippen LogP contribution < -0.4 is 4.72 Å². The molecule has 0 spiro atoms. The number of rotatable bonds is 3. The first kappa shape index (κ1) is 12.9. The van der Waals surface area contributed by atoms with Gasteiger partial charge in [0, 0.05) is 7.05 Å². The molecule has 3 nitrogen and oxygen atoms in total. The molecule has 0 saturated heterocycles. The highest BCUT2D eigenvalue weighted by Gasteiger charge is 2.03. The molecule has 10 heavy (non-hydrogen) atoms. The molecule has 0 bridgehead atoms. The minimum absolute atomic E-state index is 0.448. The van der Waals surface area contributed by atoms with Crippen LogP contribution in [-0.2, 0) is 0 Å². The monoisotopic (exact) mass is 169 g/mol. The maximum atomic E-state index is 8.85. The number of hydrogen-bond acceptors (Lipinski definition) is 3. The predicted molar refractivity (Wildman–Crippen MR) is 48.4 cm³/mol. The van der Waals surface area contributed by atoms with Crippen LogP contribution in [0.25, 0.3) is 0 Å². The molecule has 0 heterocycles. The Bertz CT molecular complexity index is 68.8. The Labute approximate surface area is 65.3 Å². The van der Waals surface area contributed by atoms with Crippen LogP contribution in [0, 0.1) is 0 Å². The Morgan fingerprint density at radius 3 is 1.80 bits per heavy atom. The zero-order valence-electron chi connectivity index (χ0n) is 7.22. The molecule has 0 aromatic carbocycles. The van der Waals surface area contributed by atoms with E-state index in [4.69, 9.17) is 9.11 Å². The summed E-state index contributed by atoms with van der Waals surface area (Å²) in [5.41, 5.74) is 0. The van der Waals surface area contributed by atoms with Gasteiger partial charge in [0.05, 0.1) is 5.75 Å². The van der Waals surface area contributed by atoms with E-state index in [1.54, 1.807) is 7.05 Å². The van der Waals surface area contributed by atoms with Crippen molar-refractivity contribution in [2.75, 3.05) is 12.8 Å². The van der Waals surface area contributed by atoms with Crippen molar-refractivity contribution in [3.8, 4) is 0 Å². The summed E-state index contributed by atoms with van der Waals surface area (Å²) in [7, 11) is -0.873. The molecule has 3 N–H and O–H groups in total. The molecule has 0 atom stereocenters. The van der Waals surface area contributed by atoms with Crippen molar-refractivity contribution in [3.63, 3.8) is 0 Å². The van der Waals surface area contributed by atoms with Crippen LogP contribution in [0.15, 0.2) is 0 Å². The largest absolute Gasteiger partial charge is 0.286 e. The van der Waals surface area contributed by atoms with Gasteiger partial charge in [0.1, 0.15) is 0 Å². The first-order valence-corrected chi connectivity index (χ1v) is 5.28. The average Bonchev–Trinajstić information content (AvgIpc) is 1.93. The van der Waals surface area contributed by atoms with E-state index in [0.29, 0.717) is 5.75 Å². The van der Waals surface area contributed by atoms with Crippen LogP contribution in [-0.4, -0.2) is 21.9 Å². The highest BCUT2D eigenvalue weighted by Crippen LogP contribution is 2.32. The van der Waals surface area contributed by atoms with Crippen molar-refractivity contribution in [3.05, 3.63) is 0 Å². The first-order chi connectivity index (χ1) is 4.62. The maximum absolute atomic E-state index is 8.85. The summed E-state index contributed by atoms with van der Waals surface area (Å²) in [6, 6.07) is 0. The lowest BCUT2D eigenvalue weighted by molar-refractivity contribution is 0.475. The summed E-state index contributed by atoms with van der Waals surface area (Å²) in [6.45, 7) is 5.91. The second kappa shape index (κ2) is 7.34. The quantitative estimate of drug-likeness (QED) is 0.607. The molecule has 4 heteroatoms. The van der Waals surface area contributed by atoms with Gasteiger partial charge in [0.25, 0.3) is 0 Å². The Hall–Kier alpha value is 0.230. The fourth-order valence-electron chi connectivity index (χ4n) is 0.387. The highest BCUT2D eigenvalue weighted by molar-refractivity contribution is 8.22. The molecule has 0 aliphatic heterocycles. The molecular weight excluding hydrogens is 150 g/mol. The summed E-state index contributed by atoms with van der Waals surface area (Å²) in [6.07, 6.45) is 0.795. The van der Waals surface area contributed by atoms with Gasteiger partial charge in [-0.15, -0.1) is 10.8 Å². The van der Waals surface area contributed by atoms with E-state index in [1.165, 1.54) is 0 Å². The van der Waals surface area contributed by atoms with E-state index < -0.39 is 10.8 Å². The number of hydrogen-bond donors (Lipinski definition) is 3. The van der Waals surface area contributed by atoms with Gasteiger partial charge in [-0.05, 0) is 6.42 Å². The van der Waals surface area contributed by atoms with Gasteiger partial charge in [-0.25, -0.2) is 4.72 Å². The fourth-order valence-corrected chi connectivity index (χ4v) is 1.16. The van der Waals surface area contributed by atoms with Crippen molar-refractivity contribution in [2.45, 2.75) is 27.2 Å². The third-order valence-corrected chi connectivity index (χ3v) is 2.45. The molecular formula is C6H19NO2S. The van der Waals surface area contributed by atoms with E-state index in [2.05, 4.69) is 4.72 Å². The van der Waals surface area contributed by atoms with Crippen LogP contribution >= 0.6 is 10.8 Å². The lowest BCUT2D eigenvalue weighted by atomic mass is 10.6. The van der Waals surface area contributed by atoms with Gasteiger partial charge >= 0.3 is 0 Å². The summed E-state index contributed by atoms with van der Waals surface area (Å²) < 4.78 is 20.1. The van der Waals surface area contributed by atoms with Crippen molar-refractivity contribution >= 4 is 10.8 Å². The maximum Gasteiger partial charge on any atom is 0.0525 e. The molecule has 0 aromatic heterocycles. The molecule has 0 aliphatic carbocycles. The van der Waals surface area contributed by atoms with Crippen molar-refractivity contribution in [2.24, 2.45) is 0 Å². The fraction of sp³-hybridized carbons (Fsp3) is 1.00. The third kappa shape index (κ3) is 8.23. The second-order valence-electron chi connectivity index (χ2n) is 1.58. The van der Waals surface area contributed by atoms with E-state index in [-0.39, 0.29) is 0 Å². The number of nitrogens with one attached hydrogen (secondary N) is 1.